The highest BCUT2D eigenvalue weighted by Gasteiger charge is 2.16. The number of hydrogen-bond acceptors (Lipinski definition) is 2. The topological polar surface area (TPSA) is 15.6 Å². The molecule has 1 aliphatic heterocycles. The third-order valence-electron chi connectivity index (χ3n) is 3.86. The Hall–Kier alpha value is -2.05. The van der Waals surface area contributed by atoms with Crippen molar-refractivity contribution in [2.45, 2.75) is 54.9 Å². The molecule has 0 atom stereocenters. The SMILES string of the molecule is CC.CC.CC1=CC2=CC3=C=C(C=C(C=C1C)C2)N(C)C(C)=N3. The number of aliphatic imine (C=N–C) groups is 1. The van der Waals surface area contributed by atoms with E-state index >= 15 is 0 Å². The van der Waals surface area contributed by atoms with E-state index < -0.39 is 0 Å². The van der Waals surface area contributed by atoms with Crippen molar-refractivity contribution in [2.75, 3.05) is 7.05 Å². The number of nitrogens with zero attached hydrogens (tertiary/aromatic N) is 2. The Labute approximate surface area is 142 Å². The second kappa shape index (κ2) is 8.55. The van der Waals surface area contributed by atoms with E-state index in [4.69, 9.17) is 0 Å². The molecule has 0 saturated carbocycles. The lowest BCUT2D eigenvalue weighted by Gasteiger charge is -2.23. The van der Waals surface area contributed by atoms with Crippen LogP contribution in [0.15, 0.2) is 68.7 Å². The summed E-state index contributed by atoms with van der Waals surface area (Å²) in [5, 5.41) is 0. The fourth-order valence-corrected chi connectivity index (χ4v) is 2.53. The van der Waals surface area contributed by atoms with Gasteiger partial charge in [0.25, 0.3) is 0 Å². The Morgan fingerprint density at radius 1 is 0.870 bits per heavy atom. The molecule has 0 spiro atoms. The lowest BCUT2D eigenvalue weighted by atomic mass is 10.0. The summed E-state index contributed by atoms with van der Waals surface area (Å²) in [7, 11) is 2.04. The van der Waals surface area contributed by atoms with E-state index in [0.717, 1.165) is 23.7 Å². The number of amidine groups is 1. The maximum absolute atomic E-state index is 4.58. The van der Waals surface area contributed by atoms with Crippen molar-refractivity contribution >= 4 is 5.84 Å². The number of fused-ring (bicyclic) bond motifs is 2. The second-order valence-electron chi connectivity index (χ2n) is 5.38. The zero-order valence-electron chi connectivity index (χ0n) is 15.9. The lowest BCUT2D eigenvalue weighted by molar-refractivity contribution is 0.635. The van der Waals surface area contributed by atoms with E-state index in [9.17, 15) is 0 Å². The highest BCUT2D eigenvalue weighted by atomic mass is 15.2. The Kier molecular flexibility index (Phi) is 7.06. The Bertz CT molecular complexity index is 673. The van der Waals surface area contributed by atoms with Crippen LogP contribution in [-0.2, 0) is 0 Å². The number of rotatable bonds is 0. The zero-order chi connectivity index (χ0) is 17.6. The third kappa shape index (κ3) is 4.46. The first-order valence-corrected chi connectivity index (χ1v) is 8.61. The van der Waals surface area contributed by atoms with Crippen molar-refractivity contribution in [3.63, 3.8) is 0 Å². The third-order valence-corrected chi connectivity index (χ3v) is 3.86. The summed E-state index contributed by atoms with van der Waals surface area (Å²) in [6.07, 6.45) is 9.88. The first kappa shape index (κ1) is 19.0. The monoisotopic (exact) mass is 310 g/mol. The van der Waals surface area contributed by atoms with E-state index in [-0.39, 0.29) is 0 Å². The Morgan fingerprint density at radius 3 is 1.96 bits per heavy atom. The molecule has 2 nitrogen and oxygen atoms in total. The standard InChI is InChI=1S/C17H18N2.2C2H6/c1-11-5-14-7-15(6-12(11)2)9-17-10-16(8-14)18-13(3)19(17)4;2*1-2/h5-6,8-9H,7H2,1-4H3;2*1-2H3. The van der Waals surface area contributed by atoms with Gasteiger partial charge in [-0.05, 0) is 61.6 Å². The molecule has 124 valence electrons. The predicted octanol–water partition coefficient (Wildman–Crippen LogP) is 5.93. The Morgan fingerprint density at radius 2 is 1.39 bits per heavy atom. The summed E-state index contributed by atoms with van der Waals surface area (Å²) in [4.78, 5) is 6.67. The van der Waals surface area contributed by atoms with Crippen molar-refractivity contribution in [3.05, 3.63) is 63.7 Å². The first-order valence-electron chi connectivity index (χ1n) is 8.61. The minimum Gasteiger partial charge on any atom is -0.327 e. The zero-order valence-corrected chi connectivity index (χ0v) is 15.9. The summed E-state index contributed by atoms with van der Waals surface area (Å²) >= 11 is 0. The molecule has 0 aromatic carbocycles. The average Bonchev–Trinajstić information content (AvgIpc) is 2.66. The first-order chi connectivity index (χ1) is 11.0. The van der Waals surface area contributed by atoms with Crippen molar-refractivity contribution in [3.8, 4) is 0 Å². The van der Waals surface area contributed by atoms with Crippen LogP contribution in [0.4, 0.5) is 0 Å². The van der Waals surface area contributed by atoms with Crippen LogP contribution in [0.25, 0.3) is 0 Å². The number of likely N-dealkylation sites (N-methyl/N-ethyl adjacent to an activating group) is 1. The molecule has 0 unspecified atom stereocenters. The van der Waals surface area contributed by atoms with Crippen molar-refractivity contribution in [1.29, 1.82) is 0 Å². The van der Waals surface area contributed by atoms with Crippen LogP contribution in [0.3, 0.4) is 0 Å². The predicted molar refractivity (Wildman–Crippen MR) is 102 cm³/mol. The summed E-state index contributed by atoms with van der Waals surface area (Å²) in [6.45, 7) is 14.4. The fraction of sp³-hybridized carbons (Fsp3) is 0.429. The molecule has 0 saturated heterocycles. The minimum atomic E-state index is 0.930. The largest absolute Gasteiger partial charge is 0.327 e. The van der Waals surface area contributed by atoms with Gasteiger partial charge >= 0.3 is 0 Å². The van der Waals surface area contributed by atoms with Crippen LogP contribution < -0.4 is 0 Å². The van der Waals surface area contributed by atoms with Gasteiger partial charge in [-0.3, -0.25) is 0 Å². The van der Waals surface area contributed by atoms with Crippen LogP contribution in [0.2, 0.25) is 0 Å². The molecule has 0 N–H and O–H groups in total. The van der Waals surface area contributed by atoms with E-state index in [1.807, 2.05) is 41.7 Å². The highest BCUT2D eigenvalue weighted by Crippen LogP contribution is 2.29. The quantitative estimate of drug-likeness (QED) is 0.506. The van der Waals surface area contributed by atoms with Gasteiger partial charge in [0.2, 0.25) is 0 Å². The minimum absolute atomic E-state index is 0.930. The molecule has 4 bridgehead atoms. The molecule has 3 aliphatic rings. The smallest absolute Gasteiger partial charge is 0.109 e. The van der Waals surface area contributed by atoms with E-state index in [2.05, 4.69) is 53.8 Å². The summed E-state index contributed by atoms with van der Waals surface area (Å²) < 4.78 is 0. The second-order valence-corrected chi connectivity index (χ2v) is 5.38. The van der Waals surface area contributed by atoms with Crippen LogP contribution >= 0.6 is 0 Å². The van der Waals surface area contributed by atoms with Crippen LogP contribution in [0.1, 0.15) is 54.9 Å². The number of hydrogen-bond donors (Lipinski definition) is 0. The highest BCUT2D eigenvalue weighted by molar-refractivity contribution is 5.84. The van der Waals surface area contributed by atoms with Gasteiger partial charge in [0.05, 0.1) is 5.70 Å². The van der Waals surface area contributed by atoms with Crippen LogP contribution in [0, 0.1) is 0 Å². The molecule has 0 radical (unpaired) electrons. The van der Waals surface area contributed by atoms with Crippen molar-refractivity contribution in [2.24, 2.45) is 4.99 Å². The molecule has 2 heteroatoms. The van der Waals surface area contributed by atoms with Gasteiger partial charge in [0, 0.05) is 7.05 Å². The molecule has 3 rings (SSSR count). The summed E-state index contributed by atoms with van der Waals surface area (Å²) in [5.74, 6) is 1.01. The maximum Gasteiger partial charge on any atom is 0.109 e. The van der Waals surface area contributed by atoms with Gasteiger partial charge in [-0.15, -0.1) is 0 Å². The lowest BCUT2D eigenvalue weighted by Crippen LogP contribution is -2.24. The number of allylic oxidation sites excluding steroid dienone is 7. The van der Waals surface area contributed by atoms with Gasteiger partial charge in [-0.1, -0.05) is 45.6 Å². The van der Waals surface area contributed by atoms with Gasteiger partial charge < -0.3 is 4.90 Å². The van der Waals surface area contributed by atoms with E-state index in [0.29, 0.717) is 0 Å². The summed E-state index contributed by atoms with van der Waals surface area (Å²) in [6, 6.07) is 0. The maximum atomic E-state index is 4.58. The Balaban J connectivity index is 0.000000615. The van der Waals surface area contributed by atoms with Gasteiger partial charge in [0.15, 0.2) is 0 Å². The van der Waals surface area contributed by atoms with Crippen molar-refractivity contribution < 1.29 is 0 Å². The van der Waals surface area contributed by atoms with Gasteiger partial charge in [-0.2, -0.15) is 0 Å². The van der Waals surface area contributed by atoms with Crippen molar-refractivity contribution in [1.82, 2.24) is 4.90 Å². The molecular formula is C21H30N2. The van der Waals surface area contributed by atoms with Crippen LogP contribution in [-0.4, -0.2) is 17.8 Å². The van der Waals surface area contributed by atoms with Gasteiger partial charge in [-0.25, -0.2) is 4.99 Å². The van der Waals surface area contributed by atoms with Crippen LogP contribution in [0.5, 0.6) is 0 Å². The van der Waals surface area contributed by atoms with Gasteiger partial charge in [0.1, 0.15) is 11.5 Å². The molecule has 1 heterocycles. The molecule has 2 aliphatic carbocycles. The molecular weight excluding hydrogens is 280 g/mol. The van der Waals surface area contributed by atoms with E-state index in [1.165, 1.54) is 22.3 Å². The molecule has 0 amide bonds. The normalized spacial score (nSPS) is 18.4. The molecule has 0 aromatic heterocycles. The molecule has 0 aromatic rings. The molecule has 0 fully saturated rings. The summed E-state index contributed by atoms with van der Waals surface area (Å²) in [5.41, 5.74) is 10.7. The molecule has 23 heavy (non-hydrogen) atoms. The average molecular weight is 310 g/mol. The van der Waals surface area contributed by atoms with E-state index in [1.54, 1.807) is 0 Å². The fourth-order valence-electron chi connectivity index (χ4n) is 2.53.